The van der Waals surface area contributed by atoms with Crippen molar-refractivity contribution in [1.82, 2.24) is 0 Å². The summed E-state index contributed by atoms with van der Waals surface area (Å²) in [4.78, 5) is 2.22. The van der Waals surface area contributed by atoms with Crippen molar-refractivity contribution in [3.05, 3.63) is 27.7 Å². The maximum absolute atomic E-state index is 9.22. The molecule has 13 heavy (non-hydrogen) atoms. The second-order valence-corrected chi connectivity index (χ2v) is 4.21. The van der Waals surface area contributed by atoms with E-state index in [1.165, 1.54) is 11.3 Å². The summed E-state index contributed by atoms with van der Waals surface area (Å²) >= 11 is 3.45. The third-order valence-corrected chi connectivity index (χ3v) is 3.36. The van der Waals surface area contributed by atoms with Crippen LogP contribution in [0.25, 0.3) is 0 Å². The summed E-state index contributed by atoms with van der Waals surface area (Å²) < 4.78 is 1.02. The van der Waals surface area contributed by atoms with Gasteiger partial charge in [0, 0.05) is 23.8 Å². The maximum atomic E-state index is 9.22. The van der Waals surface area contributed by atoms with Crippen LogP contribution in [-0.4, -0.2) is 18.7 Å². The molecule has 1 aliphatic rings. The lowest BCUT2D eigenvalue weighted by Gasteiger charge is -2.13. The lowest BCUT2D eigenvalue weighted by molar-refractivity contribution is 0.280. The molecule has 0 saturated heterocycles. The molecule has 2 rings (SSSR count). The standard InChI is InChI=1S/C10H12BrNO/c1-12-5-4-7-8(6-13)9(11)2-3-10(7)12/h2-3,13H,4-6H2,1H3. The molecule has 0 spiro atoms. The second-order valence-electron chi connectivity index (χ2n) is 3.35. The molecule has 70 valence electrons. The number of hydrogen-bond acceptors (Lipinski definition) is 2. The lowest BCUT2D eigenvalue weighted by atomic mass is 10.1. The van der Waals surface area contributed by atoms with Gasteiger partial charge in [-0.1, -0.05) is 15.9 Å². The third kappa shape index (κ3) is 1.36. The Labute approximate surface area is 86.3 Å². The molecule has 0 unspecified atom stereocenters. The van der Waals surface area contributed by atoms with E-state index in [1.54, 1.807) is 0 Å². The number of rotatable bonds is 1. The number of fused-ring (bicyclic) bond motifs is 1. The smallest absolute Gasteiger partial charge is 0.0696 e. The SMILES string of the molecule is CN1CCc2c1ccc(Br)c2CO. The number of hydrogen-bond donors (Lipinski definition) is 1. The van der Waals surface area contributed by atoms with Gasteiger partial charge in [0.25, 0.3) is 0 Å². The van der Waals surface area contributed by atoms with Gasteiger partial charge in [0.15, 0.2) is 0 Å². The zero-order valence-corrected chi connectivity index (χ0v) is 9.13. The van der Waals surface area contributed by atoms with Crippen LogP contribution in [0.2, 0.25) is 0 Å². The number of nitrogens with zero attached hydrogens (tertiary/aromatic N) is 1. The highest BCUT2D eigenvalue weighted by molar-refractivity contribution is 9.10. The second kappa shape index (κ2) is 3.31. The summed E-state index contributed by atoms with van der Waals surface area (Å²) in [5.41, 5.74) is 3.59. The summed E-state index contributed by atoms with van der Waals surface area (Å²) in [6, 6.07) is 4.11. The molecule has 2 nitrogen and oxygen atoms in total. The van der Waals surface area contributed by atoms with Gasteiger partial charge in [-0.05, 0) is 29.7 Å². The molecule has 1 aromatic carbocycles. The monoisotopic (exact) mass is 241 g/mol. The fourth-order valence-corrected chi connectivity index (χ4v) is 2.36. The van der Waals surface area contributed by atoms with E-state index in [1.807, 2.05) is 6.07 Å². The molecule has 0 aromatic heterocycles. The summed E-state index contributed by atoms with van der Waals surface area (Å²) in [6.45, 7) is 1.18. The van der Waals surface area contributed by atoms with Crippen molar-refractivity contribution in [1.29, 1.82) is 0 Å². The Morgan fingerprint density at radius 1 is 1.54 bits per heavy atom. The van der Waals surface area contributed by atoms with E-state index in [4.69, 9.17) is 0 Å². The molecule has 1 aliphatic heterocycles. The average Bonchev–Trinajstić information content (AvgIpc) is 2.48. The van der Waals surface area contributed by atoms with Gasteiger partial charge >= 0.3 is 0 Å². The van der Waals surface area contributed by atoms with Crippen LogP contribution in [0, 0.1) is 0 Å². The molecular formula is C10H12BrNO. The maximum Gasteiger partial charge on any atom is 0.0696 e. The van der Waals surface area contributed by atoms with Gasteiger partial charge in [0.1, 0.15) is 0 Å². The number of halogens is 1. The van der Waals surface area contributed by atoms with Crippen LogP contribution in [0.5, 0.6) is 0 Å². The highest BCUT2D eigenvalue weighted by atomic mass is 79.9. The minimum atomic E-state index is 0.123. The van der Waals surface area contributed by atoms with Gasteiger partial charge in [-0.15, -0.1) is 0 Å². The van der Waals surface area contributed by atoms with Crippen LogP contribution in [0.4, 0.5) is 5.69 Å². The number of anilines is 1. The first-order valence-electron chi connectivity index (χ1n) is 4.36. The van der Waals surface area contributed by atoms with E-state index in [2.05, 4.69) is 33.9 Å². The van der Waals surface area contributed by atoms with Crippen LogP contribution in [0.15, 0.2) is 16.6 Å². The molecule has 1 aromatic rings. The van der Waals surface area contributed by atoms with Crippen LogP contribution < -0.4 is 4.90 Å². The van der Waals surface area contributed by atoms with Gasteiger partial charge in [-0.25, -0.2) is 0 Å². The largest absolute Gasteiger partial charge is 0.392 e. The van der Waals surface area contributed by atoms with Gasteiger partial charge in [0.05, 0.1) is 6.61 Å². The molecule has 0 atom stereocenters. The fourth-order valence-electron chi connectivity index (χ4n) is 1.86. The van der Waals surface area contributed by atoms with Crippen molar-refractivity contribution in [2.45, 2.75) is 13.0 Å². The van der Waals surface area contributed by atoms with Crippen molar-refractivity contribution in [2.75, 3.05) is 18.5 Å². The number of benzene rings is 1. The summed E-state index contributed by atoms with van der Waals surface area (Å²) in [7, 11) is 2.08. The predicted molar refractivity (Wildman–Crippen MR) is 57.0 cm³/mol. The molecule has 0 radical (unpaired) electrons. The molecule has 0 fully saturated rings. The molecule has 1 heterocycles. The molecule has 0 amide bonds. The van der Waals surface area contributed by atoms with Crippen LogP contribution in [0.3, 0.4) is 0 Å². The summed E-state index contributed by atoms with van der Waals surface area (Å²) in [6.07, 6.45) is 1.04. The van der Waals surface area contributed by atoms with Crippen molar-refractivity contribution < 1.29 is 5.11 Å². The van der Waals surface area contributed by atoms with E-state index in [0.717, 1.165) is 23.0 Å². The van der Waals surface area contributed by atoms with Crippen molar-refractivity contribution in [3.63, 3.8) is 0 Å². The van der Waals surface area contributed by atoms with Gasteiger partial charge in [-0.2, -0.15) is 0 Å². The summed E-state index contributed by atoms with van der Waals surface area (Å²) in [5.74, 6) is 0. The molecule has 0 bridgehead atoms. The lowest BCUT2D eigenvalue weighted by Crippen LogP contribution is -2.12. The third-order valence-electron chi connectivity index (χ3n) is 2.62. The Hall–Kier alpha value is -0.540. The van der Waals surface area contributed by atoms with Gasteiger partial charge in [0.2, 0.25) is 0 Å². The van der Waals surface area contributed by atoms with Crippen molar-refractivity contribution >= 4 is 21.6 Å². The van der Waals surface area contributed by atoms with E-state index in [0.29, 0.717) is 0 Å². The first-order chi connectivity index (χ1) is 6.24. The minimum Gasteiger partial charge on any atom is -0.392 e. The number of likely N-dealkylation sites (N-methyl/N-ethyl adjacent to an activating group) is 1. The van der Waals surface area contributed by atoms with Crippen molar-refractivity contribution in [3.8, 4) is 0 Å². The van der Waals surface area contributed by atoms with E-state index in [-0.39, 0.29) is 6.61 Å². The number of aliphatic hydroxyl groups excluding tert-OH is 1. The highest BCUT2D eigenvalue weighted by Crippen LogP contribution is 2.33. The Balaban J connectivity index is 2.57. The molecule has 1 N–H and O–H groups in total. The highest BCUT2D eigenvalue weighted by Gasteiger charge is 2.19. The van der Waals surface area contributed by atoms with Gasteiger partial charge < -0.3 is 10.0 Å². The predicted octanol–water partition coefficient (Wildman–Crippen LogP) is 1.93. The van der Waals surface area contributed by atoms with Crippen LogP contribution >= 0.6 is 15.9 Å². The molecule has 0 aliphatic carbocycles. The Bertz CT molecular complexity index is 338. The topological polar surface area (TPSA) is 23.5 Å². The zero-order valence-electron chi connectivity index (χ0n) is 7.55. The Morgan fingerprint density at radius 3 is 3.00 bits per heavy atom. The quantitative estimate of drug-likeness (QED) is 0.813. The first-order valence-corrected chi connectivity index (χ1v) is 5.15. The molecule has 3 heteroatoms. The van der Waals surface area contributed by atoms with Gasteiger partial charge in [-0.3, -0.25) is 0 Å². The van der Waals surface area contributed by atoms with E-state index < -0.39 is 0 Å². The fraction of sp³-hybridized carbons (Fsp3) is 0.400. The molecular weight excluding hydrogens is 230 g/mol. The van der Waals surface area contributed by atoms with E-state index >= 15 is 0 Å². The molecule has 0 saturated carbocycles. The van der Waals surface area contributed by atoms with E-state index in [9.17, 15) is 5.11 Å². The Morgan fingerprint density at radius 2 is 2.31 bits per heavy atom. The van der Waals surface area contributed by atoms with Crippen LogP contribution in [0.1, 0.15) is 11.1 Å². The van der Waals surface area contributed by atoms with Crippen molar-refractivity contribution in [2.24, 2.45) is 0 Å². The normalized spacial score (nSPS) is 14.8. The average molecular weight is 242 g/mol. The first kappa shape index (κ1) is 9.03. The Kier molecular flexibility index (Phi) is 2.30. The summed E-state index contributed by atoms with van der Waals surface area (Å²) in [5, 5.41) is 9.22. The zero-order chi connectivity index (χ0) is 9.42. The minimum absolute atomic E-state index is 0.123. The number of aliphatic hydroxyl groups is 1. The van der Waals surface area contributed by atoms with Crippen LogP contribution in [-0.2, 0) is 13.0 Å².